The molecule has 2 atom stereocenters. The highest BCUT2D eigenvalue weighted by atomic mass is 14.9. The standard InChI is InChI=1S/C20H31N/c1-15(2)21-14-19-7-3-4-12-20(19)18-11-6-10-17(13-18)16-8-5-9-16/h6,10-11,13,15-16,19-21H,3-5,7-9,12,14H2,1-2H3. The van der Waals surface area contributed by atoms with Crippen LogP contribution in [0.15, 0.2) is 24.3 Å². The number of hydrogen-bond donors (Lipinski definition) is 1. The maximum absolute atomic E-state index is 3.67. The van der Waals surface area contributed by atoms with Gasteiger partial charge in [-0.15, -0.1) is 0 Å². The van der Waals surface area contributed by atoms with E-state index in [0.29, 0.717) is 6.04 Å². The average Bonchev–Trinajstić information content (AvgIpc) is 2.44. The molecule has 2 unspecified atom stereocenters. The Bertz CT molecular complexity index is 447. The van der Waals surface area contributed by atoms with Crippen LogP contribution in [0.3, 0.4) is 0 Å². The summed E-state index contributed by atoms with van der Waals surface area (Å²) in [5.74, 6) is 2.48. The molecular weight excluding hydrogens is 254 g/mol. The van der Waals surface area contributed by atoms with Crippen LogP contribution in [-0.4, -0.2) is 12.6 Å². The van der Waals surface area contributed by atoms with Crippen molar-refractivity contribution in [3.8, 4) is 0 Å². The molecule has 0 heterocycles. The fourth-order valence-electron chi connectivity index (χ4n) is 4.06. The molecule has 2 fully saturated rings. The Morgan fingerprint density at radius 2 is 1.76 bits per heavy atom. The fraction of sp³-hybridized carbons (Fsp3) is 0.700. The maximum atomic E-state index is 3.67. The predicted molar refractivity (Wildman–Crippen MR) is 90.9 cm³/mol. The van der Waals surface area contributed by atoms with Crippen molar-refractivity contribution in [1.29, 1.82) is 0 Å². The minimum Gasteiger partial charge on any atom is -0.314 e. The molecule has 0 bridgehead atoms. The molecule has 0 radical (unpaired) electrons. The molecule has 2 aliphatic rings. The molecule has 1 nitrogen and oxygen atoms in total. The fourth-order valence-corrected chi connectivity index (χ4v) is 4.06. The predicted octanol–water partition coefficient (Wildman–Crippen LogP) is 5.23. The van der Waals surface area contributed by atoms with Crippen molar-refractivity contribution in [2.75, 3.05) is 6.54 Å². The largest absolute Gasteiger partial charge is 0.314 e. The summed E-state index contributed by atoms with van der Waals surface area (Å²) in [6.45, 7) is 5.71. The molecule has 116 valence electrons. The molecular formula is C20H31N. The Hall–Kier alpha value is -0.820. The highest BCUT2D eigenvalue weighted by Crippen LogP contribution is 2.41. The Kier molecular flexibility index (Phi) is 5.00. The molecule has 3 rings (SSSR count). The molecule has 21 heavy (non-hydrogen) atoms. The van der Waals surface area contributed by atoms with Crippen LogP contribution in [0.5, 0.6) is 0 Å². The van der Waals surface area contributed by atoms with Gasteiger partial charge >= 0.3 is 0 Å². The first-order valence-electron chi connectivity index (χ1n) is 9.07. The van der Waals surface area contributed by atoms with E-state index in [9.17, 15) is 0 Å². The van der Waals surface area contributed by atoms with Gasteiger partial charge in [0.25, 0.3) is 0 Å². The maximum Gasteiger partial charge on any atom is 0.00104 e. The van der Waals surface area contributed by atoms with Gasteiger partial charge in [0.15, 0.2) is 0 Å². The van der Waals surface area contributed by atoms with Gasteiger partial charge < -0.3 is 5.32 Å². The summed E-state index contributed by atoms with van der Waals surface area (Å²) in [5.41, 5.74) is 3.23. The van der Waals surface area contributed by atoms with Gasteiger partial charge in [-0.1, -0.05) is 57.4 Å². The number of nitrogens with one attached hydrogen (secondary N) is 1. The molecule has 0 saturated heterocycles. The van der Waals surface area contributed by atoms with Crippen LogP contribution >= 0.6 is 0 Å². The summed E-state index contributed by atoms with van der Waals surface area (Å²) >= 11 is 0. The second-order valence-corrected chi connectivity index (χ2v) is 7.51. The van der Waals surface area contributed by atoms with Crippen molar-refractivity contribution in [3.05, 3.63) is 35.4 Å². The van der Waals surface area contributed by atoms with Gasteiger partial charge in [-0.25, -0.2) is 0 Å². The number of benzene rings is 1. The minimum absolute atomic E-state index is 0.605. The van der Waals surface area contributed by atoms with Crippen LogP contribution in [0.2, 0.25) is 0 Å². The first kappa shape index (κ1) is 15.1. The van der Waals surface area contributed by atoms with Gasteiger partial charge in [-0.2, -0.15) is 0 Å². The van der Waals surface area contributed by atoms with Gasteiger partial charge in [-0.05, 0) is 61.1 Å². The third kappa shape index (κ3) is 3.69. The average molecular weight is 285 g/mol. The lowest BCUT2D eigenvalue weighted by atomic mass is 9.73. The molecule has 1 aromatic rings. The topological polar surface area (TPSA) is 12.0 Å². The molecule has 2 saturated carbocycles. The van der Waals surface area contributed by atoms with E-state index in [-0.39, 0.29) is 0 Å². The van der Waals surface area contributed by atoms with Crippen molar-refractivity contribution in [2.24, 2.45) is 5.92 Å². The lowest BCUT2D eigenvalue weighted by molar-refractivity contribution is 0.289. The van der Waals surface area contributed by atoms with Gasteiger partial charge in [0.2, 0.25) is 0 Å². The van der Waals surface area contributed by atoms with Gasteiger partial charge in [0, 0.05) is 6.04 Å². The summed E-state index contributed by atoms with van der Waals surface area (Å²) < 4.78 is 0. The lowest BCUT2D eigenvalue weighted by Crippen LogP contribution is -2.33. The van der Waals surface area contributed by atoms with Crippen molar-refractivity contribution < 1.29 is 0 Å². The zero-order valence-corrected chi connectivity index (χ0v) is 13.8. The second-order valence-electron chi connectivity index (χ2n) is 7.51. The quantitative estimate of drug-likeness (QED) is 0.781. The van der Waals surface area contributed by atoms with Crippen molar-refractivity contribution >= 4 is 0 Å². The van der Waals surface area contributed by atoms with Crippen LogP contribution in [-0.2, 0) is 0 Å². The zero-order chi connectivity index (χ0) is 14.7. The van der Waals surface area contributed by atoms with E-state index in [1.807, 2.05) is 0 Å². The molecule has 0 aromatic heterocycles. The Labute approximate surface area is 130 Å². The van der Waals surface area contributed by atoms with Crippen LogP contribution in [0, 0.1) is 5.92 Å². The monoisotopic (exact) mass is 285 g/mol. The Morgan fingerprint density at radius 3 is 2.48 bits per heavy atom. The first-order valence-corrected chi connectivity index (χ1v) is 9.07. The molecule has 0 amide bonds. The van der Waals surface area contributed by atoms with Crippen LogP contribution in [0.1, 0.15) is 81.8 Å². The van der Waals surface area contributed by atoms with E-state index in [0.717, 1.165) is 17.8 Å². The molecule has 0 aliphatic heterocycles. The summed E-state index contributed by atoms with van der Waals surface area (Å²) in [6.07, 6.45) is 9.87. The van der Waals surface area contributed by atoms with Gasteiger partial charge in [0.05, 0.1) is 0 Å². The SMILES string of the molecule is CC(C)NCC1CCCCC1c1cccc(C2CCC2)c1. The van der Waals surface area contributed by atoms with Crippen LogP contribution in [0.4, 0.5) is 0 Å². The van der Waals surface area contributed by atoms with Crippen molar-refractivity contribution in [2.45, 2.75) is 76.7 Å². The van der Waals surface area contributed by atoms with Crippen molar-refractivity contribution in [1.82, 2.24) is 5.32 Å². The summed E-state index contributed by atoms with van der Waals surface area (Å²) in [6, 6.07) is 10.2. The van der Waals surface area contributed by atoms with Gasteiger partial charge in [0.1, 0.15) is 0 Å². The van der Waals surface area contributed by atoms with E-state index in [4.69, 9.17) is 0 Å². The van der Waals surface area contributed by atoms with E-state index < -0.39 is 0 Å². The molecule has 1 aromatic carbocycles. The number of hydrogen-bond acceptors (Lipinski definition) is 1. The van der Waals surface area contributed by atoms with Crippen LogP contribution < -0.4 is 5.32 Å². The Balaban J connectivity index is 1.72. The summed E-state index contributed by atoms with van der Waals surface area (Å²) in [7, 11) is 0. The van der Waals surface area contributed by atoms with Crippen molar-refractivity contribution in [3.63, 3.8) is 0 Å². The van der Waals surface area contributed by atoms with E-state index in [1.165, 1.54) is 51.5 Å². The minimum atomic E-state index is 0.605. The molecule has 1 N–H and O–H groups in total. The normalized spacial score (nSPS) is 26.8. The lowest BCUT2D eigenvalue weighted by Gasteiger charge is -2.34. The summed E-state index contributed by atoms with van der Waals surface area (Å²) in [5, 5.41) is 3.67. The second kappa shape index (κ2) is 6.96. The molecule has 2 aliphatic carbocycles. The summed E-state index contributed by atoms with van der Waals surface area (Å²) in [4.78, 5) is 0. The Morgan fingerprint density at radius 1 is 1.00 bits per heavy atom. The molecule has 0 spiro atoms. The number of rotatable bonds is 5. The highest BCUT2D eigenvalue weighted by molar-refractivity contribution is 5.30. The molecule has 1 heteroatoms. The smallest absolute Gasteiger partial charge is 0.00104 e. The van der Waals surface area contributed by atoms with Gasteiger partial charge in [-0.3, -0.25) is 0 Å². The highest BCUT2D eigenvalue weighted by Gasteiger charge is 2.27. The van der Waals surface area contributed by atoms with E-state index >= 15 is 0 Å². The first-order chi connectivity index (χ1) is 10.2. The zero-order valence-electron chi connectivity index (χ0n) is 13.8. The third-order valence-corrected chi connectivity index (χ3v) is 5.61. The van der Waals surface area contributed by atoms with E-state index in [2.05, 4.69) is 43.4 Å². The van der Waals surface area contributed by atoms with E-state index in [1.54, 1.807) is 11.1 Å². The van der Waals surface area contributed by atoms with Crippen LogP contribution in [0.25, 0.3) is 0 Å². The third-order valence-electron chi connectivity index (χ3n) is 5.61.